The van der Waals surface area contributed by atoms with Crippen molar-refractivity contribution in [2.45, 2.75) is 44.8 Å². The van der Waals surface area contributed by atoms with Gasteiger partial charge in [-0.1, -0.05) is 6.58 Å². The van der Waals surface area contributed by atoms with Crippen LogP contribution in [-0.4, -0.2) is 23.6 Å². The average Bonchev–Trinajstić information content (AvgIpc) is 2.83. The Morgan fingerprint density at radius 2 is 2.08 bits per heavy atom. The van der Waals surface area contributed by atoms with Crippen LogP contribution in [0.2, 0.25) is 0 Å². The Kier molecular flexibility index (Phi) is 6.58. The van der Waals surface area contributed by atoms with Crippen molar-refractivity contribution >= 4 is 5.78 Å². The molecule has 1 unspecified atom stereocenters. The molecule has 1 aromatic heterocycles. The summed E-state index contributed by atoms with van der Waals surface area (Å²) in [6.45, 7) is 4.60. The molecule has 25 heavy (non-hydrogen) atoms. The third kappa shape index (κ3) is 5.04. The molecule has 2 heterocycles. The normalized spacial score (nSPS) is 18.6. The Morgan fingerprint density at radius 3 is 2.76 bits per heavy atom. The van der Waals surface area contributed by atoms with Crippen molar-refractivity contribution in [1.29, 1.82) is 0 Å². The standard InChI is InChI=1S/C18H22F3NO3/c1-2-15(23)14-7-8-16(18(19,20)21)22(17(14)24)10-3-5-13-6-4-11-25-12-9-13/h2,7-8,13H,1,3-6,9-12H2. The molecule has 0 aromatic carbocycles. The third-order valence-electron chi connectivity index (χ3n) is 4.48. The summed E-state index contributed by atoms with van der Waals surface area (Å²) in [6, 6.07) is 1.71. The zero-order valence-corrected chi connectivity index (χ0v) is 14.0. The van der Waals surface area contributed by atoms with E-state index in [2.05, 4.69) is 6.58 Å². The first-order valence-corrected chi connectivity index (χ1v) is 8.40. The molecule has 0 aliphatic carbocycles. The number of hydrogen-bond donors (Lipinski definition) is 0. The van der Waals surface area contributed by atoms with Gasteiger partial charge in [-0.2, -0.15) is 13.2 Å². The van der Waals surface area contributed by atoms with Gasteiger partial charge in [-0.05, 0) is 56.2 Å². The maximum Gasteiger partial charge on any atom is 0.431 e. The van der Waals surface area contributed by atoms with Crippen molar-refractivity contribution in [1.82, 2.24) is 4.57 Å². The first-order valence-electron chi connectivity index (χ1n) is 8.40. The van der Waals surface area contributed by atoms with Gasteiger partial charge >= 0.3 is 6.18 Å². The molecule has 0 N–H and O–H groups in total. The van der Waals surface area contributed by atoms with Crippen LogP contribution in [0.4, 0.5) is 13.2 Å². The second kappa shape index (κ2) is 8.47. The molecule has 0 spiro atoms. The number of halogens is 3. The number of carbonyl (C=O) groups is 1. The van der Waals surface area contributed by atoms with Gasteiger partial charge in [0.1, 0.15) is 5.69 Å². The van der Waals surface area contributed by atoms with Crippen LogP contribution in [0.25, 0.3) is 0 Å². The van der Waals surface area contributed by atoms with Gasteiger partial charge in [-0.3, -0.25) is 9.59 Å². The van der Waals surface area contributed by atoms with Crippen LogP contribution in [0.15, 0.2) is 29.6 Å². The van der Waals surface area contributed by atoms with E-state index < -0.39 is 23.2 Å². The predicted molar refractivity (Wildman–Crippen MR) is 87.6 cm³/mol. The zero-order chi connectivity index (χ0) is 18.4. The molecular formula is C18H22F3NO3. The van der Waals surface area contributed by atoms with E-state index in [1.165, 1.54) is 0 Å². The molecule has 0 bridgehead atoms. The van der Waals surface area contributed by atoms with Crippen LogP contribution in [0.3, 0.4) is 0 Å². The van der Waals surface area contributed by atoms with Crippen LogP contribution in [0.1, 0.15) is 48.2 Å². The third-order valence-corrected chi connectivity index (χ3v) is 4.48. The van der Waals surface area contributed by atoms with Gasteiger partial charge in [-0.25, -0.2) is 0 Å². The van der Waals surface area contributed by atoms with E-state index in [4.69, 9.17) is 4.74 Å². The number of hydrogen-bond acceptors (Lipinski definition) is 3. The fourth-order valence-electron chi connectivity index (χ4n) is 3.14. The van der Waals surface area contributed by atoms with E-state index in [9.17, 15) is 22.8 Å². The number of rotatable bonds is 6. The molecule has 138 valence electrons. The lowest BCUT2D eigenvalue weighted by molar-refractivity contribution is -0.144. The van der Waals surface area contributed by atoms with Crippen LogP contribution < -0.4 is 5.56 Å². The number of aromatic nitrogens is 1. The highest BCUT2D eigenvalue weighted by atomic mass is 19.4. The quantitative estimate of drug-likeness (QED) is 0.574. The molecule has 1 aliphatic rings. The minimum absolute atomic E-state index is 0.0662. The predicted octanol–water partition coefficient (Wildman–Crippen LogP) is 3.83. The van der Waals surface area contributed by atoms with E-state index in [1.807, 2.05) is 0 Å². The minimum Gasteiger partial charge on any atom is -0.381 e. The Labute approximate surface area is 144 Å². The van der Waals surface area contributed by atoms with Crippen molar-refractivity contribution in [3.05, 3.63) is 46.4 Å². The molecule has 1 aliphatic heterocycles. The maximum atomic E-state index is 13.2. The average molecular weight is 357 g/mol. The second-order valence-electron chi connectivity index (χ2n) is 6.21. The van der Waals surface area contributed by atoms with Gasteiger partial charge in [0, 0.05) is 19.8 Å². The molecule has 1 fully saturated rings. The van der Waals surface area contributed by atoms with E-state index in [0.29, 0.717) is 23.5 Å². The van der Waals surface area contributed by atoms with Gasteiger partial charge in [0.05, 0.1) is 5.56 Å². The lowest BCUT2D eigenvalue weighted by Gasteiger charge is -2.18. The Morgan fingerprint density at radius 1 is 1.32 bits per heavy atom. The molecule has 4 nitrogen and oxygen atoms in total. The van der Waals surface area contributed by atoms with Crippen LogP contribution in [0, 0.1) is 5.92 Å². The molecule has 7 heteroatoms. The summed E-state index contributed by atoms with van der Waals surface area (Å²) >= 11 is 0. The SMILES string of the molecule is C=CC(=O)c1ccc(C(F)(F)F)n(CCCC2CCCOCC2)c1=O. The second-order valence-corrected chi connectivity index (χ2v) is 6.21. The van der Waals surface area contributed by atoms with Gasteiger partial charge < -0.3 is 9.30 Å². The molecule has 0 saturated carbocycles. The fourth-order valence-corrected chi connectivity index (χ4v) is 3.14. The fraction of sp³-hybridized carbons (Fsp3) is 0.556. The number of pyridine rings is 1. The monoisotopic (exact) mass is 357 g/mol. The number of ketones is 1. The summed E-state index contributed by atoms with van der Waals surface area (Å²) in [4.78, 5) is 24.0. The van der Waals surface area contributed by atoms with Gasteiger partial charge in [-0.15, -0.1) is 0 Å². The van der Waals surface area contributed by atoms with E-state index in [0.717, 1.165) is 50.5 Å². The molecule has 2 rings (SSSR count). The van der Waals surface area contributed by atoms with Crippen LogP contribution in [0.5, 0.6) is 0 Å². The van der Waals surface area contributed by atoms with Gasteiger partial charge in [0.15, 0.2) is 5.78 Å². The summed E-state index contributed by atoms with van der Waals surface area (Å²) < 4.78 is 45.6. The van der Waals surface area contributed by atoms with Gasteiger partial charge in [0.2, 0.25) is 0 Å². The molecular weight excluding hydrogens is 335 g/mol. The van der Waals surface area contributed by atoms with E-state index >= 15 is 0 Å². The Balaban J connectivity index is 2.19. The zero-order valence-electron chi connectivity index (χ0n) is 14.0. The highest BCUT2D eigenvalue weighted by molar-refractivity contribution is 6.03. The van der Waals surface area contributed by atoms with Crippen molar-refractivity contribution in [2.24, 2.45) is 5.92 Å². The van der Waals surface area contributed by atoms with Crippen molar-refractivity contribution in [3.8, 4) is 0 Å². The van der Waals surface area contributed by atoms with Crippen LogP contribution >= 0.6 is 0 Å². The first-order chi connectivity index (χ1) is 11.8. The summed E-state index contributed by atoms with van der Waals surface area (Å²) in [6.07, 6.45) is 0.269. The molecule has 0 radical (unpaired) electrons. The maximum absolute atomic E-state index is 13.2. The number of nitrogens with zero attached hydrogens (tertiary/aromatic N) is 1. The number of alkyl halides is 3. The smallest absolute Gasteiger partial charge is 0.381 e. The molecule has 0 amide bonds. The van der Waals surface area contributed by atoms with Gasteiger partial charge in [0.25, 0.3) is 5.56 Å². The number of ether oxygens (including phenoxy) is 1. The minimum atomic E-state index is -4.65. The van der Waals surface area contributed by atoms with Crippen LogP contribution in [-0.2, 0) is 17.5 Å². The summed E-state index contributed by atoms with van der Waals surface area (Å²) in [5.41, 5.74) is -2.22. The van der Waals surface area contributed by atoms with E-state index in [1.54, 1.807) is 0 Å². The number of allylic oxidation sites excluding steroid dienone is 1. The summed E-state index contributed by atoms with van der Waals surface area (Å²) in [5.74, 6) is -0.279. The number of carbonyl (C=O) groups excluding carboxylic acids is 1. The van der Waals surface area contributed by atoms with E-state index in [-0.39, 0.29) is 12.1 Å². The van der Waals surface area contributed by atoms with Crippen molar-refractivity contribution in [3.63, 3.8) is 0 Å². The largest absolute Gasteiger partial charge is 0.431 e. The topological polar surface area (TPSA) is 48.3 Å². The Bertz CT molecular complexity index is 671. The summed E-state index contributed by atoms with van der Waals surface area (Å²) in [7, 11) is 0. The van der Waals surface area contributed by atoms with Crippen molar-refractivity contribution in [2.75, 3.05) is 13.2 Å². The lowest BCUT2D eigenvalue weighted by atomic mass is 9.95. The molecule has 1 atom stereocenters. The Hall–Kier alpha value is -1.89. The lowest BCUT2D eigenvalue weighted by Crippen LogP contribution is -2.31. The summed E-state index contributed by atoms with van der Waals surface area (Å²) in [5, 5.41) is 0. The highest BCUT2D eigenvalue weighted by Crippen LogP contribution is 2.29. The molecule has 1 aromatic rings. The molecule has 1 saturated heterocycles. The van der Waals surface area contributed by atoms with Crippen molar-refractivity contribution < 1.29 is 22.7 Å². The highest BCUT2D eigenvalue weighted by Gasteiger charge is 2.35. The first kappa shape index (κ1) is 19.4.